The van der Waals surface area contributed by atoms with Crippen LogP contribution in [0.5, 0.6) is 0 Å². The topological polar surface area (TPSA) is 71.8 Å². The van der Waals surface area contributed by atoms with Gasteiger partial charge in [0, 0.05) is 0 Å². The summed E-state index contributed by atoms with van der Waals surface area (Å²) in [5.74, 6) is -2.20. The van der Waals surface area contributed by atoms with E-state index in [2.05, 4.69) is 4.98 Å². The number of nitrogens with one attached hydrogen (secondary N) is 1. The SMILES string of the molecule is Nc1ncc(C(=O)C(F)(F)F)[nH]1. The largest absolute Gasteiger partial charge is 0.456 e. The molecule has 0 bridgehead atoms. The van der Waals surface area contributed by atoms with Crippen molar-refractivity contribution in [1.82, 2.24) is 9.97 Å². The molecular formula is C5H4F3N3O. The molecule has 0 unspecified atom stereocenters. The van der Waals surface area contributed by atoms with Gasteiger partial charge in [0.05, 0.1) is 6.20 Å². The number of anilines is 1. The number of Topliss-reactive ketones (excluding diaryl/α,β-unsaturated/α-hetero) is 1. The Labute approximate surface area is 64.6 Å². The quantitative estimate of drug-likeness (QED) is 0.624. The van der Waals surface area contributed by atoms with Crippen LogP contribution < -0.4 is 5.73 Å². The van der Waals surface area contributed by atoms with E-state index in [1.165, 1.54) is 0 Å². The van der Waals surface area contributed by atoms with Crippen LogP contribution in [0.25, 0.3) is 0 Å². The number of rotatable bonds is 1. The number of aromatic amines is 1. The van der Waals surface area contributed by atoms with Crippen LogP contribution in [0.2, 0.25) is 0 Å². The van der Waals surface area contributed by atoms with Gasteiger partial charge in [0.2, 0.25) is 0 Å². The normalized spacial score (nSPS) is 11.6. The minimum Gasteiger partial charge on any atom is -0.369 e. The number of nitrogen functional groups attached to an aromatic ring is 1. The smallest absolute Gasteiger partial charge is 0.369 e. The van der Waals surface area contributed by atoms with Crippen molar-refractivity contribution < 1.29 is 18.0 Å². The highest BCUT2D eigenvalue weighted by Gasteiger charge is 2.40. The van der Waals surface area contributed by atoms with E-state index < -0.39 is 17.7 Å². The van der Waals surface area contributed by atoms with Crippen molar-refractivity contribution >= 4 is 11.7 Å². The number of carbonyl (C=O) groups is 1. The summed E-state index contributed by atoms with van der Waals surface area (Å²) in [6.07, 6.45) is -4.15. The number of hydrogen-bond donors (Lipinski definition) is 2. The third kappa shape index (κ3) is 1.55. The van der Waals surface area contributed by atoms with E-state index in [0.717, 1.165) is 6.20 Å². The number of imidazole rings is 1. The molecule has 1 aromatic heterocycles. The Hall–Kier alpha value is -1.53. The second kappa shape index (κ2) is 2.50. The molecule has 1 heterocycles. The number of halogens is 3. The first-order valence-electron chi connectivity index (χ1n) is 2.83. The second-order valence-electron chi connectivity index (χ2n) is 2.01. The van der Waals surface area contributed by atoms with E-state index in [4.69, 9.17) is 5.73 Å². The number of aromatic nitrogens is 2. The molecular weight excluding hydrogens is 175 g/mol. The molecule has 0 saturated carbocycles. The Morgan fingerprint density at radius 3 is 2.50 bits per heavy atom. The lowest BCUT2D eigenvalue weighted by molar-refractivity contribution is -0.0887. The molecule has 1 aromatic rings. The van der Waals surface area contributed by atoms with Crippen LogP contribution in [-0.2, 0) is 0 Å². The van der Waals surface area contributed by atoms with Crippen LogP contribution in [0, 0.1) is 0 Å². The van der Waals surface area contributed by atoms with Gasteiger partial charge in [-0.25, -0.2) is 4.98 Å². The molecule has 12 heavy (non-hydrogen) atoms. The van der Waals surface area contributed by atoms with E-state index in [-0.39, 0.29) is 5.95 Å². The van der Waals surface area contributed by atoms with Crippen molar-refractivity contribution in [2.75, 3.05) is 5.73 Å². The molecule has 0 radical (unpaired) electrons. The Balaban J connectivity index is 2.93. The molecule has 4 nitrogen and oxygen atoms in total. The van der Waals surface area contributed by atoms with Gasteiger partial charge < -0.3 is 10.7 Å². The lowest BCUT2D eigenvalue weighted by Crippen LogP contribution is -2.23. The van der Waals surface area contributed by atoms with Crippen molar-refractivity contribution in [3.8, 4) is 0 Å². The molecule has 0 atom stereocenters. The number of alkyl halides is 3. The molecule has 3 N–H and O–H groups in total. The maximum atomic E-state index is 11.7. The van der Waals surface area contributed by atoms with Crippen LogP contribution >= 0.6 is 0 Å². The molecule has 7 heteroatoms. The number of carbonyl (C=O) groups excluding carboxylic acids is 1. The molecule has 0 aliphatic heterocycles. The number of nitrogens with zero attached hydrogens (tertiary/aromatic N) is 1. The van der Waals surface area contributed by atoms with E-state index in [9.17, 15) is 18.0 Å². The van der Waals surface area contributed by atoms with Crippen molar-refractivity contribution in [1.29, 1.82) is 0 Å². The maximum Gasteiger partial charge on any atom is 0.456 e. The highest BCUT2D eigenvalue weighted by Crippen LogP contribution is 2.20. The molecule has 0 spiro atoms. The lowest BCUT2D eigenvalue weighted by atomic mass is 10.3. The zero-order valence-electron chi connectivity index (χ0n) is 5.64. The average Bonchev–Trinajstić information content (AvgIpc) is 2.32. The first kappa shape index (κ1) is 8.57. The third-order valence-corrected chi connectivity index (χ3v) is 1.10. The lowest BCUT2D eigenvalue weighted by Gasteiger charge is -2.00. The van der Waals surface area contributed by atoms with E-state index in [1.54, 1.807) is 0 Å². The first-order valence-corrected chi connectivity index (χ1v) is 2.83. The minimum atomic E-state index is -4.89. The Morgan fingerprint density at radius 2 is 2.17 bits per heavy atom. The summed E-state index contributed by atoms with van der Waals surface area (Å²) in [7, 11) is 0. The van der Waals surface area contributed by atoms with Crippen LogP contribution in [-0.4, -0.2) is 21.9 Å². The molecule has 66 valence electrons. The zero-order valence-corrected chi connectivity index (χ0v) is 5.64. The van der Waals surface area contributed by atoms with Gasteiger partial charge in [0.1, 0.15) is 5.69 Å². The van der Waals surface area contributed by atoms with Crippen molar-refractivity contribution in [3.05, 3.63) is 11.9 Å². The van der Waals surface area contributed by atoms with Gasteiger partial charge in [0.25, 0.3) is 5.78 Å². The fourth-order valence-corrected chi connectivity index (χ4v) is 0.605. The molecule has 1 rings (SSSR count). The van der Waals surface area contributed by atoms with Crippen LogP contribution in [0.3, 0.4) is 0 Å². The average molecular weight is 179 g/mol. The zero-order chi connectivity index (χ0) is 9.35. The summed E-state index contributed by atoms with van der Waals surface area (Å²) in [6, 6.07) is 0. The summed E-state index contributed by atoms with van der Waals surface area (Å²) < 4.78 is 35.1. The van der Waals surface area contributed by atoms with Gasteiger partial charge in [-0.05, 0) is 0 Å². The maximum absolute atomic E-state index is 11.7. The summed E-state index contributed by atoms with van der Waals surface area (Å²) >= 11 is 0. The predicted molar refractivity (Wildman–Crippen MR) is 33.4 cm³/mol. The Kier molecular flexibility index (Phi) is 1.79. The van der Waals surface area contributed by atoms with Crippen molar-refractivity contribution in [2.45, 2.75) is 6.18 Å². The summed E-state index contributed by atoms with van der Waals surface area (Å²) in [6.45, 7) is 0. The standard InChI is InChI=1S/C5H4F3N3O/c6-5(7,8)3(12)2-1-10-4(9)11-2/h1H,(H3,9,10,11). The monoisotopic (exact) mass is 179 g/mol. The fraction of sp³-hybridized carbons (Fsp3) is 0.200. The van der Waals surface area contributed by atoms with E-state index >= 15 is 0 Å². The minimum absolute atomic E-state index is 0.220. The van der Waals surface area contributed by atoms with Gasteiger partial charge in [-0.1, -0.05) is 0 Å². The molecule has 0 amide bonds. The third-order valence-electron chi connectivity index (χ3n) is 1.10. The molecule has 0 saturated heterocycles. The van der Waals surface area contributed by atoms with Gasteiger partial charge >= 0.3 is 6.18 Å². The summed E-state index contributed by atoms with van der Waals surface area (Å²) in [4.78, 5) is 15.7. The highest BCUT2D eigenvalue weighted by atomic mass is 19.4. The van der Waals surface area contributed by atoms with Gasteiger partial charge in [0.15, 0.2) is 5.95 Å². The van der Waals surface area contributed by atoms with Crippen molar-refractivity contribution in [3.63, 3.8) is 0 Å². The van der Waals surface area contributed by atoms with Crippen molar-refractivity contribution in [2.24, 2.45) is 0 Å². The Morgan fingerprint density at radius 1 is 1.58 bits per heavy atom. The summed E-state index contributed by atoms with van der Waals surface area (Å²) in [5.41, 5.74) is 4.32. The fourth-order valence-electron chi connectivity index (χ4n) is 0.605. The first-order chi connectivity index (χ1) is 5.41. The number of H-pyrrole nitrogens is 1. The predicted octanol–water partition coefficient (Wildman–Crippen LogP) is 0.737. The second-order valence-corrected chi connectivity index (χ2v) is 2.01. The van der Waals surface area contributed by atoms with Crippen LogP contribution in [0.15, 0.2) is 6.20 Å². The molecule has 0 aromatic carbocycles. The van der Waals surface area contributed by atoms with Crippen LogP contribution in [0.4, 0.5) is 19.1 Å². The van der Waals surface area contributed by atoms with E-state index in [1.807, 2.05) is 4.98 Å². The number of ketones is 1. The van der Waals surface area contributed by atoms with Crippen LogP contribution in [0.1, 0.15) is 10.5 Å². The Bertz CT molecular complexity index is 303. The highest BCUT2D eigenvalue weighted by molar-refractivity contribution is 5.98. The molecule has 0 fully saturated rings. The van der Waals surface area contributed by atoms with E-state index in [0.29, 0.717) is 0 Å². The van der Waals surface area contributed by atoms with Gasteiger partial charge in [-0.2, -0.15) is 13.2 Å². The number of hydrogen-bond acceptors (Lipinski definition) is 3. The molecule has 0 aliphatic carbocycles. The summed E-state index contributed by atoms with van der Waals surface area (Å²) in [5, 5.41) is 0. The molecule has 0 aliphatic rings. The number of nitrogens with two attached hydrogens (primary N) is 1. The van der Waals surface area contributed by atoms with Gasteiger partial charge in [-0.3, -0.25) is 4.79 Å². The van der Waals surface area contributed by atoms with Gasteiger partial charge in [-0.15, -0.1) is 0 Å².